The fourth-order valence-corrected chi connectivity index (χ4v) is 4.21. The van der Waals surface area contributed by atoms with Crippen LogP contribution in [0.1, 0.15) is 37.5 Å². The summed E-state index contributed by atoms with van der Waals surface area (Å²) in [6.07, 6.45) is -4.46. The number of aliphatic hydroxyl groups excluding tert-OH is 1. The van der Waals surface area contributed by atoms with E-state index in [0.717, 1.165) is 16.7 Å². The van der Waals surface area contributed by atoms with E-state index >= 15 is 0 Å². The largest absolute Gasteiger partial charge is 0.462 e. The van der Waals surface area contributed by atoms with Crippen LogP contribution in [0.5, 0.6) is 0 Å². The molecule has 1 fully saturated rings. The van der Waals surface area contributed by atoms with E-state index in [2.05, 4.69) is 0 Å². The summed E-state index contributed by atoms with van der Waals surface area (Å²) in [6.45, 7) is 6.02. The Hall–Kier alpha value is -3.07. The first-order valence-electron chi connectivity index (χ1n) is 13.3. The van der Waals surface area contributed by atoms with Crippen LogP contribution >= 0.6 is 0 Å². The van der Waals surface area contributed by atoms with E-state index in [4.69, 9.17) is 23.7 Å². The number of esters is 1. The number of carbonyl (C=O) groups is 1. The summed E-state index contributed by atoms with van der Waals surface area (Å²) < 4.78 is 30.5. The molecule has 0 spiro atoms. The van der Waals surface area contributed by atoms with Gasteiger partial charge in [-0.1, -0.05) is 91.0 Å². The Morgan fingerprint density at radius 3 is 1.62 bits per heavy atom. The van der Waals surface area contributed by atoms with Crippen molar-refractivity contribution in [3.05, 3.63) is 108 Å². The van der Waals surface area contributed by atoms with Crippen molar-refractivity contribution in [2.45, 2.75) is 71.3 Å². The van der Waals surface area contributed by atoms with Crippen LogP contribution in [-0.2, 0) is 48.3 Å². The first kappa shape index (κ1) is 28.9. The Balaban J connectivity index is 1.54. The van der Waals surface area contributed by atoms with Crippen LogP contribution in [0, 0.1) is 5.41 Å². The maximum Gasteiger partial charge on any atom is 0.311 e. The minimum Gasteiger partial charge on any atom is -0.462 e. The van der Waals surface area contributed by atoms with Crippen LogP contribution in [0.3, 0.4) is 0 Å². The van der Waals surface area contributed by atoms with Crippen LogP contribution < -0.4 is 0 Å². The van der Waals surface area contributed by atoms with E-state index in [-0.39, 0.29) is 32.4 Å². The highest BCUT2D eigenvalue weighted by Crippen LogP contribution is 2.30. The Labute approximate surface area is 230 Å². The highest BCUT2D eigenvalue weighted by molar-refractivity contribution is 5.75. The molecule has 0 radical (unpaired) electrons. The highest BCUT2D eigenvalue weighted by Gasteiger charge is 2.48. The Kier molecular flexibility index (Phi) is 10.3. The molecule has 1 aliphatic heterocycles. The molecule has 5 atom stereocenters. The Morgan fingerprint density at radius 1 is 0.718 bits per heavy atom. The standard InChI is InChI=1S/C32H38O7/c1-32(2,3)31(34)38-22-26-28(35-19-23-13-7-4-8-14-23)27(33)29(36-20-24-15-9-5-10-16-24)30(39-26)37-21-25-17-11-6-12-18-25/h4-18,26-30,33H,19-22H2,1-3H3/t26-,27+,28+,29-,30-/m1/s1. The smallest absolute Gasteiger partial charge is 0.311 e. The normalized spacial score (nSPS) is 23.3. The number of hydrogen-bond donors (Lipinski definition) is 1. The minimum atomic E-state index is -1.11. The molecule has 3 aromatic carbocycles. The lowest BCUT2D eigenvalue weighted by molar-refractivity contribution is -0.322. The van der Waals surface area contributed by atoms with Gasteiger partial charge in [-0.25, -0.2) is 0 Å². The maximum atomic E-state index is 12.6. The van der Waals surface area contributed by atoms with Crippen molar-refractivity contribution in [1.82, 2.24) is 0 Å². The van der Waals surface area contributed by atoms with Crippen LogP contribution in [0.2, 0.25) is 0 Å². The fraction of sp³-hybridized carbons (Fsp3) is 0.406. The molecule has 1 saturated heterocycles. The van der Waals surface area contributed by atoms with Gasteiger partial charge in [0.05, 0.1) is 25.2 Å². The second kappa shape index (κ2) is 13.8. The molecule has 4 rings (SSSR count). The topological polar surface area (TPSA) is 83.5 Å². The van der Waals surface area contributed by atoms with Gasteiger partial charge in [-0.05, 0) is 37.5 Å². The molecular weight excluding hydrogens is 496 g/mol. The van der Waals surface area contributed by atoms with E-state index in [9.17, 15) is 9.90 Å². The van der Waals surface area contributed by atoms with Crippen LogP contribution in [0.25, 0.3) is 0 Å². The third kappa shape index (κ3) is 8.46. The maximum absolute atomic E-state index is 12.6. The monoisotopic (exact) mass is 534 g/mol. The molecule has 0 aromatic heterocycles. The van der Waals surface area contributed by atoms with Crippen molar-refractivity contribution in [3.63, 3.8) is 0 Å². The third-order valence-corrected chi connectivity index (χ3v) is 6.44. The van der Waals surface area contributed by atoms with Gasteiger partial charge in [0.25, 0.3) is 0 Å². The molecule has 1 N–H and O–H groups in total. The molecule has 1 aliphatic rings. The van der Waals surface area contributed by atoms with E-state index in [1.165, 1.54) is 0 Å². The van der Waals surface area contributed by atoms with Crippen LogP contribution in [-0.4, -0.2) is 48.4 Å². The summed E-state index contributed by atoms with van der Waals surface area (Å²) in [5.74, 6) is -0.369. The van der Waals surface area contributed by atoms with Crippen molar-refractivity contribution in [2.24, 2.45) is 5.41 Å². The summed E-state index contributed by atoms with van der Waals surface area (Å²) in [5, 5.41) is 11.6. The number of benzene rings is 3. The number of aliphatic hydroxyl groups is 1. The summed E-state index contributed by atoms with van der Waals surface area (Å²) >= 11 is 0. The quantitative estimate of drug-likeness (QED) is 0.345. The fourth-order valence-electron chi connectivity index (χ4n) is 4.21. The Bertz CT molecular complexity index is 1130. The van der Waals surface area contributed by atoms with E-state index in [0.29, 0.717) is 0 Å². The highest BCUT2D eigenvalue weighted by atomic mass is 16.7. The average Bonchev–Trinajstić information content (AvgIpc) is 2.95. The third-order valence-electron chi connectivity index (χ3n) is 6.44. The zero-order valence-corrected chi connectivity index (χ0v) is 22.8. The van der Waals surface area contributed by atoms with E-state index in [1.54, 1.807) is 20.8 Å². The summed E-state index contributed by atoms with van der Waals surface area (Å²) in [7, 11) is 0. The van der Waals surface area contributed by atoms with Crippen molar-refractivity contribution in [1.29, 1.82) is 0 Å². The van der Waals surface area contributed by atoms with Crippen LogP contribution in [0.15, 0.2) is 91.0 Å². The van der Waals surface area contributed by atoms with Crippen molar-refractivity contribution in [2.75, 3.05) is 6.61 Å². The molecule has 208 valence electrons. The molecule has 7 heteroatoms. The van der Waals surface area contributed by atoms with Gasteiger partial charge in [-0.15, -0.1) is 0 Å². The molecule has 0 amide bonds. The summed E-state index contributed by atoms with van der Waals surface area (Å²) in [4.78, 5) is 12.6. The number of ether oxygens (including phenoxy) is 5. The van der Waals surface area contributed by atoms with Crippen molar-refractivity contribution < 1.29 is 33.6 Å². The van der Waals surface area contributed by atoms with Crippen LogP contribution in [0.4, 0.5) is 0 Å². The number of hydrogen-bond acceptors (Lipinski definition) is 7. The lowest BCUT2D eigenvalue weighted by Gasteiger charge is -2.44. The molecule has 1 heterocycles. The van der Waals surface area contributed by atoms with E-state index < -0.39 is 36.1 Å². The number of rotatable bonds is 11. The molecular formula is C32H38O7. The molecule has 39 heavy (non-hydrogen) atoms. The summed E-state index contributed by atoms with van der Waals surface area (Å²) in [5.41, 5.74) is 2.17. The average molecular weight is 535 g/mol. The van der Waals surface area contributed by atoms with Gasteiger partial charge < -0.3 is 28.8 Å². The zero-order valence-electron chi connectivity index (χ0n) is 22.8. The molecule has 3 aromatic rings. The Morgan fingerprint density at radius 2 is 1.15 bits per heavy atom. The molecule has 0 saturated carbocycles. The predicted molar refractivity (Wildman–Crippen MR) is 146 cm³/mol. The van der Waals surface area contributed by atoms with Crippen molar-refractivity contribution in [3.8, 4) is 0 Å². The van der Waals surface area contributed by atoms with Gasteiger partial charge in [-0.3, -0.25) is 4.79 Å². The first-order chi connectivity index (χ1) is 18.8. The van der Waals surface area contributed by atoms with Gasteiger partial charge in [0.2, 0.25) is 0 Å². The molecule has 7 nitrogen and oxygen atoms in total. The van der Waals surface area contributed by atoms with Gasteiger partial charge in [0.1, 0.15) is 31.0 Å². The van der Waals surface area contributed by atoms with Gasteiger partial charge in [0.15, 0.2) is 6.29 Å². The lowest BCUT2D eigenvalue weighted by atomic mass is 9.96. The molecule has 0 unspecified atom stereocenters. The van der Waals surface area contributed by atoms with Gasteiger partial charge in [0, 0.05) is 0 Å². The summed E-state index contributed by atoms with van der Waals surface area (Å²) in [6, 6.07) is 29.1. The molecule has 0 bridgehead atoms. The van der Waals surface area contributed by atoms with E-state index in [1.807, 2.05) is 91.0 Å². The first-order valence-corrected chi connectivity index (χ1v) is 13.3. The van der Waals surface area contributed by atoms with Crippen molar-refractivity contribution >= 4 is 5.97 Å². The SMILES string of the molecule is CC(C)(C)C(=O)OC[C@H]1O[C@@H](OCc2ccccc2)[C@H](OCc2ccccc2)[C@@H](O)[C@H]1OCc1ccccc1. The van der Waals surface area contributed by atoms with Gasteiger partial charge in [-0.2, -0.15) is 0 Å². The zero-order chi connectivity index (χ0) is 27.7. The second-order valence-electron chi connectivity index (χ2n) is 10.7. The predicted octanol–water partition coefficient (Wildman–Crippen LogP) is 5.05. The number of carbonyl (C=O) groups excluding carboxylic acids is 1. The second-order valence-corrected chi connectivity index (χ2v) is 10.7. The lowest BCUT2D eigenvalue weighted by Crippen LogP contribution is -2.61. The minimum absolute atomic E-state index is 0.0940. The van der Waals surface area contributed by atoms with Gasteiger partial charge >= 0.3 is 5.97 Å². The molecule has 0 aliphatic carbocycles.